The number of anilines is 1. The lowest BCUT2D eigenvalue weighted by atomic mass is 10.1. The molecule has 3 rings (SSSR count). The van der Waals surface area contributed by atoms with Gasteiger partial charge in [-0.2, -0.15) is 0 Å². The maximum atomic E-state index is 5.79. The summed E-state index contributed by atoms with van der Waals surface area (Å²) in [5.74, 6) is 1.91. The van der Waals surface area contributed by atoms with Crippen LogP contribution in [0.2, 0.25) is 0 Å². The molecule has 0 radical (unpaired) electrons. The number of nitrogens with one attached hydrogen (secondary N) is 1. The molecule has 0 spiro atoms. The average molecular weight is 309 g/mol. The van der Waals surface area contributed by atoms with E-state index < -0.39 is 0 Å². The van der Waals surface area contributed by atoms with E-state index in [0.29, 0.717) is 11.8 Å². The van der Waals surface area contributed by atoms with Crippen molar-refractivity contribution in [2.75, 3.05) is 12.4 Å². The van der Waals surface area contributed by atoms with Crippen molar-refractivity contribution in [3.63, 3.8) is 0 Å². The van der Waals surface area contributed by atoms with Gasteiger partial charge in [0.15, 0.2) is 0 Å². The largest absolute Gasteiger partial charge is 0.497 e. The summed E-state index contributed by atoms with van der Waals surface area (Å²) in [6, 6.07) is 15.6. The molecule has 0 unspecified atom stereocenters. The second-order valence-corrected chi connectivity index (χ2v) is 5.41. The van der Waals surface area contributed by atoms with Crippen LogP contribution in [0.5, 0.6) is 5.75 Å². The number of aromatic nitrogens is 2. The maximum Gasteiger partial charge on any atom is 0.247 e. The van der Waals surface area contributed by atoms with E-state index in [1.807, 2.05) is 62.4 Å². The van der Waals surface area contributed by atoms with Crippen molar-refractivity contribution in [1.29, 1.82) is 0 Å². The van der Waals surface area contributed by atoms with Gasteiger partial charge in [-0.05, 0) is 50.2 Å². The van der Waals surface area contributed by atoms with Crippen molar-refractivity contribution in [2.24, 2.45) is 0 Å². The van der Waals surface area contributed by atoms with Crippen LogP contribution in [-0.4, -0.2) is 17.3 Å². The van der Waals surface area contributed by atoms with Gasteiger partial charge in [0.05, 0.1) is 7.11 Å². The number of rotatable bonds is 5. The molecule has 1 heterocycles. The normalized spacial score (nSPS) is 12.0. The number of hydrogen-bond donors (Lipinski definition) is 1. The first-order valence-electron chi connectivity index (χ1n) is 7.47. The number of nitrogens with zero attached hydrogens (tertiary/aromatic N) is 2. The zero-order chi connectivity index (χ0) is 16.2. The Bertz CT molecular complexity index is 781. The summed E-state index contributed by atoms with van der Waals surface area (Å²) in [4.78, 5) is 0. The van der Waals surface area contributed by atoms with Crippen molar-refractivity contribution in [3.05, 3.63) is 60.0 Å². The molecular weight excluding hydrogens is 290 g/mol. The smallest absolute Gasteiger partial charge is 0.247 e. The molecule has 0 amide bonds. The van der Waals surface area contributed by atoms with Gasteiger partial charge in [-0.1, -0.05) is 17.7 Å². The van der Waals surface area contributed by atoms with Crippen LogP contribution >= 0.6 is 0 Å². The number of hydrogen-bond acceptors (Lipinski definition) is 5. The summed E-state index contributed by atoms with van der Waals surface area (Å²) in [6.07, 6.45) is 0. The van der Waals surface area contributed by atoms with E-state index in [1.54, 1.807) is 7.11 Å². The summed E-state index contributed by atoms with van der Waals surface area (Å²) >= 11 is 0. The van der Waals surface area contributed by atoms with E-state index in [-0.39, 0.29) is 6.04 Å². The highest BCUT2D eigenvalue weighted by atomic mass is 16.5. The summed E-state index contributed by atoms with van der Waals surface area (Å²) in [7, 11) is 1.65. The Morgan fingerprint density at radius 3 is 2.57 bits per heavy atom. The minimum Gasteiger partial charge on any atom is -0.497 e. The van der Waals surface area contributed by atoms with E-state index >= 15 is 0 Å². The van der Waals surface area contributed by atoms with Gasteiger partial charge in [0, 0.05) is 11.3 Å². The van der Waals surface area contributed by atoms with Crippen LogP contribution < -0.4 is 10.1 Å². The molecule has 0 bridgehead atoms. The lowest BCUT2D eigenvalue weighted by Gasteiger charge is -2.11. The molecule has 23 heavy (non-hydrogen) atoms. The Morgan fingerprint density at radius 2 is 1.87 bits per heavy atom. The molecule has 0 aliphatic carbocycles. The van der Waals surface area contributed by atoms with Gasteiger partial charge in [-0.15, -0.1) is 10.2 Å². The first-order valence-corrected chi connectivity index (χ1v) is 7.47. The van der Waals surface area contributed by atoms with Crippen LogP contribution in [0.4, 0.5) is 5.69 Å². The highest BCUT2D eigenvalue weighted by molar-refractivity contribution is 5.54. The summed E-state index contributed by atoms with van der Waals surface area (Å²) in [5, 5.41) is 11.6. The molecule has 0 saturated heterocycles. The van der Waals surface area contributed by atoms with Gasteiger partial charge in [0.1, 0.15) is 11.8 Å². The highest BCUT2D eigenvalue weighted by Gasteiger charge is 2.15. The Hall–Kier alpha value is -2.82. The van der Waals surface area contributed by atoms with Crippen molar-refractivity contribution in [2.45, 2.75) is 19.9 Å². The Morgan fingerprint density at radius 1 is 1.09 bits per heavy atom. The SMILES string of the molecule is COc1ccc(N[C@H](C)c2nnc(-c3cccc(C)c3)o2)cc1. The molecule has 5 heteroatoms. The molecule has 2 aromatic carbocycles. The fourth-order valence-electron chi connectivity index (χ4n) is 2.30. The van der Waals surface area contributed by atoms with Crippen LogP contribution in [0.25, 0.3) is 11.5 Å². The number of ether oxygens (including phenoxy) is 1. The fraction of sp³-hybridized carbons (Fsp3) is 0.222. The third-order valence-corrected chi connectivity index (χ3v) is 3.55. The lowest BCUT2D eigenvalue weighted by molar-refractivity contribution is 0.415. The number of methoxy groups -OCH3 is 1. The standard InChI is InChI=1S/C18H19N3O2/c1-12-5-4-6-14(11-12)18-21-20-17(23-18)13(2)19-15-7-9-16(22-3)10-8-15/h4-11,13,19H,1-3H3/t13-/m1/s1. The van der Waals surface area contributed by atoms with Crippen molar-refractivity contribution < 1.29 is 9.15 Å². The van der Waals surface area contributed by atoms with Gasteiger partial charge < -0.3 is 14.5 Å². The van der Waals surface area contributed by atoms with Crippen molar-refractivity contribution in [3.8, 4) is 17.2 Å². The lowest BCUT2D eigenvalue weighted by Crippen LogP contribution is -2.06. The van der Waals surface area contributed by atoms with Crippen LogP contribution in [-0.2, 0) is 0 Å². The third-order valence-electron chi connectivity index (χ3n) is 3.55. The summed E-state index contributed by atoms with van der Waals surface area (Å²) in [6.45, 7) is 4.02. The summed E-state index contributed by atoms with van der Waals surface area (Å²) < 4.78 is 10.9. The van der Waals surface area contributed by atoms with Gasteiger partial charge in [0.2, 0.25) is 11.8 Å². The number of aryl methyl sites for hydroxylation is 1. The fourth-order valence-corrected chi connectivity index (χ4v) is 2.30. The predicted molar refractivity (Wildman–Crippen MR) is 89.5 cm³/mol. The Kier molecular flexibility index (Phi) is 4.28. The quantitative estimate of drug-likeness (QED) is 0.764. The Balaban J connectivity index is 1.74. The van der Waals surface area contributed by atoms with Crippen LogP contribution in [0.15, 0.2) is 52.9 Å². The first-order chi connectivity index (χ1) is 11.2. The van der Waals surface area contributed by atoms with E-state index in [4.69, 9.17) is 9.15 Å². The van der Waals surface area contributed by atoms with Crippen LogP contribution in [0.1, 0.15) is 24.4 Å². The maximum absolute atomic E-state index is 5.79. The topological polar surface area (TPSA) is 60.2 Å². The first kappa shape index (κ1) is 15.1. The third kappa shape index (κ3) is 3.51. The molecule has 0 aliphatic rings. The minimum absolute atomic E-state index is 0.0885. The van der Waals surface area contributed by atoms with E-state index in [2.05, 4.69) is 15.5 Å². The van der Waals surface area contributed by atoms with Gasteiger partial charge in [0.25, 0.3) is 0 Å². The van der Waals surface area contributed by atoms with Gasteiger partial charge in [-0.3, -0.25) is 0 Å². The minimum atomic E-state index is -0.0885. The molecule has 0 fully saturated rings. The van der Waals surface area contributed by atoms with Gasteiger partial charge in [-0.25, -0.2) is 0 Å². The molecule has 118 valence electrons. The molecule has 3 aromatic rings. The molecule has 1 aromatic heterocycles. The van der Waals surface area contributed by atoms with E-state index in [9.17, 15) is 0 Å². The molecular formula is C18H19N3O2. The number of benzene rings is 2. The monoisotopic (exact) mass is 309 g/mol. The molecule has 5 nitrogen and oxygen atoms in total. The van der Waals surface area contributed by atoms with Crippen molar-refractivity contribution in [1.82, 2.24) is 10.2 Å². The molecule has 1 N–H and O–H groups in total. The zero-order valence-corrected chi connectivity index (χ0v) is 13.4. The van der Waals surface area contributed by atoms with Crippen LogP contribution in [0.3, 0.4) is 0 Å². The molecule has 0 aliphatic heterocycles. The van der Waals surface area contributed by atoms with Crippen molar-refractivity contribution >= 4 is 5.69 Å². The Labute approximate surface area is 135 Å². The second-order valence-electron chi connectivity index (χ2n) is 5.41. The van der Waals surface area contributed by atoms with Crippen LogP contribution in [0, 0.1) is 6.92 Å². The average Bonchev–Trinajstić information content (AvgIpc) is 3.06. The molecule has 1 atom stereocenters. The molecule has 0 saturated carbocycles. The van der Waals surface area contributed by atoms with E-state index in [1.165, 1.54) is 0 Å². The van der Waals surface area contributed by atoms with E-state index in [0.717, 1.165) is 22.6 Å². The van der Waals surface area contributed by atoms with Gasteiger partial charge >= 0.3 is 0 Å². The summed E-state index contributed by atoms with van der Waals surface area (Å²) in [5.41, 5.74) is 3.06. The second kappa shape index (κ2) is 6.52. The predicted octanol–water partition coefficient (Wildman–Crippen LogP) is 4.23. The highest BCUT2D eigenvalue weighted by Crippen LogP contribution is 2.24. The zero-order valence-electron chi connectivity index (χ0n) is 13.4.